The van der Waals surface area contributed by atoms with Crippen LogP contribution in [0.1, 0.15) is 16.7 Å². The topological polar surface area (TPSA) is 99.4 Å². The molecule has 4 aromatic rings. The number of amides is 1. The summed E-state index contributed by atoms with van der Waals surface area (Å²) in [5.74, 6) is 2.43. The molecule has 0 saturated carbocycles. The molecule has 0 fully saturated rings. The average Bonchev–Trinajstić information content (AvgIpc) is 3.34. The van der Waals surface area contributed by atoms with Gasteiger partial charge in [0.2, 0.25) is 17.7 Å². The molecule has 0 saturated heterocycles. The lowest BCUT2D eigenvalue weighted by Gasteiger charge is -2.09. The highest BCUT2D eigenvalue weighted by atomic mass is 32.2. The molecule has 174 valence electrons. The summed E-state index contributed by atoms with van der Waals surface area (Å²) < 4.78 is 16.6. The predicted octanol–water partition coefficient (Wildman–Crippen LogP) is 4.96. The fraction of sp³-hybridized carbons (Fsp3) is 0.200. The average molecular weight is 477 g/mol. The second-order valence-electron chi connectivity index (χ2n) is 7.54. The van der Waals surface area contributed by atoms with Crippen molar-refractivity contribution in [2.24, 2.45) is 0 Å². The third-order valence-electron chi connectivity index (χ3n) is 4.92. The molecular weight excluding hydrogens is 452 g/mol. The molecule has 2 aromatic carbocycles. The standard InChI is InChI=1S/C25H24N4O4S/c1-16-4-5-17(2)21(12-16)32-23-11-6-18(14-27-23)13-26-22(30)15-34-25-29-28-24(33-25)19-7-9-20(31-3)10-8-19/h4-12,14H,13,15H2,1-3H3,(H,26,30). The lowest BCUT2D eigenvalue weighted by atomic mass is 10.1. The largest absolute Gasteiger partial charge is 0.497 e. The molecule has 1 amide bonds. The third kappa shape index (κ3) is 6.14. The zero-order valence-electron chi connectivity index (χ0n) is 19.1. The number of nitrogens with zero attached hydrogens (tertiary/aromatic N) is 3. The number of ether oxygens (including phenoxy) is 2. The summed E-state index contributed by atoms with van der Waals surface area (Å²) in [4.78, 5) is 16.6. The number of aromatic nitrogens is 3. The van der Waals surface area contributed by atoms with Gasteiger partial charge in [-0.3, -0.25) is 4.79 Å². The molecule has 0 spiro atoms. The molecule has 1 N–H and O–H groups in total. The number of hydrogen-bond acceptors (Lipinski definition) is 8. The van der Waals surface area contributed by atoms with Crippen molar-refractivity contribution in [3.63, 3.8) is 0 Å². The number of rotatable bonds is 9. The van der Waals surface area contributed by atoms with E-state index < -0.39 is 0 Å². The summed E-state index contributed by atoms with van der Waals surface area (Å²) in [5, 5.41) is 11.2. The van der Waals surface area contributed by atoms with Crippen molar-refractivity contribution < 1.29 is 18.7 Å². The maximum Gasteiger partial charge on any atom is 0.277 e. The molecule has 2 heterocycles. The van der Waals surface area contributed by atoms with Crippen molar-refractivity contribution in [2.75, 3.05) is 12.9 Å². The first kappa shape index (κ1) is 23.3. The smallest absolute Gasteiger partial charge is 0.277 e. The number of aryl methyl sites for hydroxylation is 2. The Morgan fingerprint density at radius 3 is 2.62 bits per heavy atom. The van der Waals surface area contributed by atoms with Gasteiger partial charge in [0.25, 0.3) is 5.22 Å². The molecule has 0 bridgehead atoms. The van der Waals surface area contributed by atoms with Crippen molar-refractivity contribution in [3.8, 4) is 28.8 Å². The first-order valence-electron chi connectivity index (χ1n) is 10.6. The van der Waals surface area contributed by atoms with Crippen molar-refractivity contribution in [1.29, 1.82) is 0 Å². The minimum Gasteiger partial charge on any atom is -0.497 e. The number of pyridine rings is 1. The first-order chi connectivity index (χ1) is 16.5. The lowest BCUT2D eigenvalue weighted by molar-refractivity contribution is -0.118. The number of carbonyl (C=O) groups is 1. The minimum atomic E-state index is -0.148. The van der Waals surface area contributed by atoms with Crippen LogP contribution in [0.5, 0.6) is 17.4 Å². The lowest BCUT2D eigenvalue weighted by Crippen LogP contribution is -2.24. The fourth-order valence-electron chi connectivity index (χ4n) is 3.00. The van der Waals surface area contributed by atoms with Gasteiger partial charge in [0.05, 0.1) is 12.9 Å². The van der Waals surface area contributed by atoms with Gasteiger partial charge >= 0.3 is 0 Å². The van der Waals surface area contributed by atoms with Crippen molar-refractivity contribution in [1.82, 2.24) is 20.5 Å². The van der Waals surface area contributed by atoms with Crippen molar-refractivity contribution >= 4 is 17.7 Å². The zero-order chi connectivity index (χ0) is 23.9. The molecule has 0 atom stereocenters. The van der Waals surface area contributed by atoms with Crippen LogP contribution in [-0.2, 0) is 11.3 Å². The maximum atomic E-state index is 12.2. The third-order valence-corrected chi connectivity index (χ3v) is 5.73. The summed E-state index contributed by atoms with van der Waals surface area (Å²) in [5.41, 5.74) is 3.81. The molecular formula is C25H24N4O4S. The second-order valence-corrected chi connectivity index (χ2v) is 8.47. The Labute approximate surface area is 201 Å². The van der Waals surface area contributed by atoms with E-state index in [2.05, 4.69) is 20.5 Å². The first-order valence-corrected chi connectivity index (χ1v) is 11.6. The maximum absolute atomic E-state index is 12.2. The van der Waals surface area contributed by atoms with E-state index in [0.717, 1.165) is 33.8 Å². The molecule has 0 aliphatic heterocycles. The summed E-state index contributed by atoms with van der Waals surface area (Å²) in [7, 11) is 1.61. The van der Waals surface area contributed by atoms with Gasteiger partial charge in [-0.2, -0.15) is 0 Å². The highest BCUT2D eigenvalue weighted by Crippen LogP contribution is 2.26. The van der Waals surface area contributed by atoms with E-state index in [0.29, 0.717) is 23.5 Å². The van der Waals surface area contributed by atoms with Gasteiger partial charge in [0, 0.05) is 24.4 Å². The van der Waals surface area contributed by atoms with E-state index in [4.69, 9.17) is 13.9 Å². The van der Waals surface area contributed by atoms with Gasteiger partial charge < -0.3 is 19.2 Å². The number of benzene rings is 2. The van der Waals surface area contributed by atoms with Crippen LogP contribution in [0.15, 0.2) is 70.4 Å². The number of carbonyl (C=O) groups excluding carboxylic acids is 1. The van der Waals surface area contributed by atoms with E-state index in [9.17, 15) is 4.79 Å². The van der Waals surface area contributed by atoms with Crippen LogP contribution in [0.2, 0.25) is 0 Å². The number of nitrogens with one attached hydrogen (secondary N) is 1. The van der Waals surface area contributed by atoms with E-state index in [1.807, 2.05) is 62.4 Å². The van der Waals surface area contributed by atoms with Gasteiger partial charge in [0.15, 0.2) is 0 Å². The van der Waals surface area contributed by atoms with Crippen LogP contribution < -0.4 is 14.8 Å². The van der Waals surface area contributed by atoms with E-state index in [1.54, 1.807) is 19.4 Å². The fourth-order valence-corrected chi connectivity index (χ4v) is 3.60. The molecule has 0 aliphatic rings. The number of thioether (sulfide) groups is 1. The van der Waals surface area contributed by atoms with Crippen LogP contribution in [-0.4, -0.2) is 34.0 Å². The molecule has 0 radical (unpaired) electrons. The predicted molar refractivity (Wildman–Crippen MR) is 129 cm³/mol. The second kappa shape index (κ2) is 10.8. The van der Waals surface area contributed by atoms with Gasteiger partial charge in [0.1, 0.15) is 11.5 Å². The van der Waals surface area contributed by atoms with Gasteiger partial charge in [-0.05, 0) is 60.9 Å². The quantitative estimate of drug-likeness (QED) is 0.339. The highest BCUT2D eigenvalue weighted by Gasteiger charge is 2.12. The number of methoxy groups -OCH3 is 1. The highest BCUT2D eigenvalue weighted by molar-refractivity contribution is 7.99. The molecule has 9 heteroatoms. The molecule has 4 rings (SSSR count). The Kier molecular flexibility index (Phi) is 7.44. The normalized spacial score (nSPS) is 10.7. The molecule has 2 aromatic heterocycles. The SMILES string of the molecule is COc1ccc(-c2nnc(SCC(=O)NCc3ccc(Oc4cc(C)ccc4C)nc3)o2)cc1. The van der Waals surface area contributed by atoms with E-state index >= 15 is 0 Å². The molecule has 34 heavy (non-hydrogen) atoms. The Hall–Kier alpha value is -3.85. The van der Waals surface area contributed by atoms with Crippen molar-refractivity contribution in [2.45, 2.75) is 25.6 Å². The molecule has 8 nitrogen and oxygen atoms in total. The Morgan fingerprint density at radius 1 is 1.06 bits per heavy atom. The van der Waals surface area contributed by atoms with Crippen LogP contribution >= 0.6 is 11.8 Å². The molecule has 0 aliphatic carbocycles. The van der Waals surface area contributed by atoms with Crippen LogP contribution in [0.3, 0.4) is 0 Å². The van der Waals surface area contributed by atoms with E-state index in [1.165, 1.54) is 11.8 Å². The summed E-state index contributed by atoms with van der Waals surface area (Å²) in [6.45, 7) is 4.37. The van der Waals surface area contributed by atoms with Gasteiger partial charge in [-0.1, -0.05) is 30.0 Å². The van der Waals surface area contributed by atoms with Crippen molar-refractivity contribution in [3.05, 3.63) is 77.5 Å². The Morgan fingerprint density at radius 2 is 1.88 bits per heavy atom. The Bertz CT molecular complexity index is 1260. The summed E-state index contributed by atoms with van der Waals surface area (Å²) >= 11 is 1.18. The number of hydrogen-bond donors (Lipinski definition) is 1. The van der Waals surface area contributed by atoms with Crippen LogP contribution in [0.25, 0.3) is 11.5 Å². The zero-order valence-corrected chi connectivity index (χ0v) is 19.9. The summed E-state index contributed by atoms with van der Waals surface area (Å²) in [6.07, 6.45) is 1.69. The van der Waals surface area contributed by atoms with Crippen LogP contribution in [0, 0.1) is 13.8 Å². The monoisotopic (exact) mass is 476 g/mol. The Balaban J connectivity index is 1.24. The molecule has 0 unspecified atom stereocenters. The summed E-state index contributed by atoms with van der Waals surface area (Å²) in [6, 6.07) is 17.0. The van der Waals surface area contributed by atoms with Gasteiger partial charge in [-0.25, -0.2) is 4.98 Å². The van der Waals surface area contributed by atoms with Gasteiger partial charge in [-0.15, -0.1) is 10.2 Å². The van der Waals surface area contributed by atoms with Crippen LogP contribution in [0.4, 0.5) is 0 Å². The van der Waals surface area contributed by atoms with E-state index in [-0.39, 0.29) is 11.7 Å². The minimum absolute atomic E-state index is 0.148.